The van der Waals surface area contributed by atoms with Crippen molar-refractivity contribution >= 4 is 31.9 Å². The summed E-state index contributed by atoms with van der Waals surface area (Å²) in [6, 6.07) is 13.5. The Labute approximate surface area is 168 Å². The number of rotatable bonds is 9. The summed E-state index contributed by atoms with van der Waals surface area (Å²) in [5.74, 6) is 0.165. The predicted octanol–water partition coefficient (Wildman–Crippen LogP) is 3.39. The monoisotopic (exact) mass is 454 g/mol. The highest BCUT2D eigenvalue weighted by Gasteiger charge is 2.14. The first-order chi connectivity index (χ1) is 12.8. The largest absolute Gasteiger partial charge is 0.484 e. The smallest absolute Gasteiger partial charge is 0.258 e. The summed E-state index contributed by atoms with van der Waals surface area (Å²) in [6.45, 7) is 4.01. The maximum atomic E-state index is 12.1. The Balaban J connectivity index is 1.88. The minimum absolute atomic E-state index is 0.154. The van der Waals surface area contributed by atoms with Gasteiger partial charge in [-0.1, -0.05) is 35.0 Å². The van der Waals surface area contributed by atoms with Crippen molar-refractivity contribution in [2.45, 2.75) is 31.2 Å². The predicted molar refractivity (Wildman–Crippen MR) is 108 cm³/mol. The van der Waals surface area contributed by atoms with E-state index in [2.05, 4.69) is 26.0 Å². The second-order valence-corrected chi connectivity index (χ2v) is 8.68. The van der Waals surface area contributed by atoms with Crippen molar-refractivity contribution in [3.63, 3.8) is 0 Å². The van der Waals surface area contributed by atoms with Crippen molar-refractivity contribution in [1.82, 2.24) is 10.0 Å². The van der Waals surface area contributed by atoms with Crippen molar-refractivity contribution in [3.05, 3.63) is 58.6 Å². The van der Waals surface area contributed by atoms with Crippen LogP contribution >= 0.6 is 15.9 Å². The standard InChI is InChI=1S/C19H23BrN2O4S/c1-3-11-21-27(24,25)18-9-7-17(8-10-18)26-13-19(23)22-14(2)15-5-4-6-16(20)12-15/h4-10,12,14,21H,3,11,13H2,1-2H3,(H,22,23). The first-order valence-electron chi connectivity index (χ1n) is 8.59. The molecular formula is C19H23BrN2O4S. The molecule has 0 bridgehead atoms. The molecule has 0 saturated heterocycles. The van der Waals surface area contributed by atoms with Crippen LogP contribution in [-0.2, 0) is 14.8 Å². The average molecular weight is 455 g/mol. The van der Waals surface area contributed by atoms with Crippen molar-refractivity contribution in [2.75, 3.05) is 13.2 Å². The quantitative estimate of drug-likeness (QED) is 0.607. The second kappa shape index (κ2) is 9.87. The van der Waals surface area contributed by atoms with E-state index in [-0.39, 0.29) is 23.5 Å². The zero-order chi connectivity index (χ0) is 19.9. The summed E-state index contributed by atoms with van der Waals surface area (Å²) in [4.78, 5) is 12.2. The van der Waals surface area contributed by atoms with Crippen LogP contribution in [0.4, 0.5) is 0 Å². The molecule has 0 aliphatic carbocycles. The molecule has 1 unspecified atom stereocenters. The molecule has 0 aliphatic rings. The van der Waals surface area contributed by atoms with Crippen LogP contribution in [-0.4, -0.2) is 27.5 Å². The van der Waals surface area contributed by atoms with Gasteiger partial charge in [0.25, 0.3) is 5.91 Å². The maximum absolute atomic E-state index is 12.1. The summed E-state index contributed by atoms with van der Waals surface area (Å²) in [5, 5.41) is 2.86. The van der Waals surface area contributed by atoms with Gasteiger partial charge >= 0.3 is 0 Å². The highest BCUT2D eigenvalue weighted by Crippen LogP contribution is 2.18. The van der Waals surface area contributed by atoms with E-state index in [0.29, 0.717) is 18.7 Å². The van der Waals surface area contributed by atoms with Crippen molar-refractivity contribution in [3.8, 4) is 5.75 Å². The minimum atomic E-state index is -3.51. The van der Waals surface area contributed by atoms with Gasteiger partial charge in [-0.05, 0) is 55.3 Å². The van der Waals surface area contributed by atoms with E-state index < -0.39 is 10.0 Å². The van der Waals surface area contributed by atoms with Crippen LogP contribution in [0.15, 0.2) is 57.9 Å². The molecule has 0 spiro atoms. The lowest BCUT2D eigenvalue weighted by molar-refractivity contribution is -0.123. The highest BCUT2D eigenvalue weighted by atomic mass is 79.9. The van der Waals surface area contributed by atoms with E-state index in [1.807, 2.05) is 38.1 Å². The molecule has 2 aromatic rings. The Morgan fingerprint density at radius 3 is 2.52 bits per heavy atom. The maximum Gasteiger partial charge on any atom is 0.258 e. The fraction of sp³-hybridized carbons (Fsp3) is 0.316. The third kappa shape index (κ3) is 6.64. The van der Waals surface area contributed by atoms with Crippen molar-refractivity contribution in [2.24, 2.45) is 0 Å². The molecule has 0 heterocycles. The van der Waals surface area contributed by atoms with Gasteiger partial charge in [0, 0.05) is 11.0 Å². The van der Waals surface area contributed by atoms with Gasteiger partial charge in [-0.15, -0.1) is 0 Å². The molecule has 27 heavy (non-hydrogen) atoms. The van der Waals surface area contributed by atoms with E-state index in [1.165, 1.54) is 24.3 Å². The van der Waals surface area contributed by atoms with Gasteiger partial charge in [0.1, 0.15) is 5.75 Å². The number of sulfonamides is 1. The van der Waals surface area contributed by atoms with Gasteiger partial charge in [-0.2, -0.15) is 0 Å². The first-order valence-corrected chi connectivity index (χ1v) is 10.9. The lowest BCUT2D eigenvalue weighted by Gasteiger charge is -2.15. The summed E-state index contributed by atoms with van der Waals surface area (Å²) in [7, 11) is -3.51. The number of carbonyl (C=O) groups is 1. The van der Waals surface area contributed by atoms with Gasteiger partial charge in [-0.3, -0.25) is 4.79 Å². The van der Waals surface area contributed by atoms with Crippen molar-refractivity contribution < 1.29 is 17.9 Å². The molecule has 146 valence electrons. The molecule has 2 N–H and O–H groups in total. The Morgan fingerprint density at radius 2 is 1.89 bits per heavy atom. The third-order valence-electron chi connectivity index (χ3n) is 3.77. The van der Waals surface area contributed by atoms with Crippen LogP contribution < -0.4 is 14.8 Å². The Bertz CT molecular complexity index is 870. The van der Waals surface area contributed by atoms with E-state index in [9.17, 15) is 13.2 Å². The lowest BCUT2D eigenvalue weighted by atomic mass is 10.1. The summed E-state index contributed by atoms with van der Waals surface area (Å²) >= 11 is 3.41. The number of carbonyl (C=O) groups excluding carboxylic acids is 1. The van der Waals surface area contributed by atoms with Gasteiger partial charge in [0.05, 0.1) is 10.9 Å². The number of benzene rings is 2. The van der Waals surface area contributed by atoms with Crippen LogP contribution in [0.1, 0.15) is 31.9 Å². The fourth-order valence-electron chi connectivity index (χ4n) is 2.33. The second-order valence-electron chi connectivity index (χ2n) is 6.00. The van der Waals surface area contributed by atoms with Gasteiger partial charge in [0.2, 0.25) is 10.0 Å². The molecule has 0 fully saturated rings. The topological polar surface area (TPSA) is 84.5 Å². The van der Waals surface area contributed by atoms with E-state index >= 15 is 0 Å². The average Bonchev–Trinajstić information content (AvgIpc) is 2.65. The van der Waals surface area contributed by atoms with Crippen LogP contribution in [0.3, 0.4) is 0 Å². The van der Waals surface area contributed by atoms with Crippen LogP contribution in [0.25, 0.3) is 0 Å². The molecule has 6 nitrogen and oxygen atoms in total. The fourth-order valence-corrected chi connectivity index (χ4v) is 3.88. The zero-order valence-electron chi connectivity index (χ0n) is 15.2. The van der Waals surface area contributed by atoms with E-state index in [0.717, 1.165) is 10.0 Å². The number of halogens is 1. The molecular weight excluding hydrogens is 432 g/mol. The molecule has 0 saturated carbocycles. The number of hydrogen-bond acceptors (Lipinski definition) is 4. The van der Waals surface area contributed by atoms with Crippen LogP contribution in [0, 0.1) is 0 Å². The molecule has 8 heteroatoms. The number of ether oxygens (including phenoxy) is 1. The van der Waals surface area contributed by atoms with E-state index in [4.69, 9.17) is 4.74 Å². The summed E-state index contributed by atoms with van der Waals surface area (Å²) < 4.78 is 32.9. The molecule has 2 aromatic carbocycles. The molecule has 0 radical (unpaired) electrons. The molecule has 0 aliphatic heterocycles. The molecule has 2 rings (SSSR count). The van der Waals surface area contributed by atoms with Gasteiger partial charge in [-0.25, -0.2) is 13.1 Å². The first kappa shape index (κ1) is 21.4. The molecule has 0 aromatic heterocycles. The van der Waals surface area contributed by atoms with Crippen molar-refractivity contribution in [1.29, 1.82) is 0 Å². The summed E-state index contributed by atoms with van der Waals surface area (Å²) in [5.41, 5.74) is 0.979. The Morgan fingerprint density at radius 1 is 1.19 bits per heavy atom. The van der Waals surface area contributed by atoms with Gasteiger partial charge in [0.15, 0.2) is 6.61 Å². The Hall–Kier alpha value is -1.90. The van der Waals surface area contributed by atoms with E-state index in [1.54, 1.807) is 0 Å². The third-order valence-corrected chi connectivity index (χ3v) is 5.74. The SMILES string of the molecule is CCCNS(=O)(=O)c1ccc(OCC(=O)NC(C)c2cccc(Br)c2)cc1. The van der Waals surface area contributed by atoms with Crippen LogP contribution in [0.5, 0.6) is 5.75 Å². The number of hydrogen-bond donors (Lipinski definition) is 2. The van der Waals surface area contributed by atoms with Crippen LogP contribution in [0.2, 0.25) is 0 Å². The number of amides is 1. The Kier molecular flexibility index (Phi) is 7.82. The highest BCUT2D eigenvalue weighted by molar-refractivity contribution is 9.10. The lowest BCUT2D eigenvalue weighted by Crippen LogP contribution is -2.31. The normalized spacial score (nSPS) is 12.4. The zero-order valence-corrected chi connectivity index (χ0v) is 17.6. The van der Waals surface area contributed by atoms with Gasteiger partial charge < -0.3 is 10.1 Å². The minimum Gasteiger partial charge on any atom is -0.484 e. The summed E-state index contributed by atoms with van der Waals surface area (Å²) in [6.07, 6.45) is 0.716. The molecule has 1 atom stereocenters. The number of nitrogens with one attached hydrogen (secondary N) is 2. The molecule has 1 amide bonds.